The molecule has 0 radical (unpaired) electrons. The molecular formula is C21H21BrF3N3O2. The van der Waals surface area contributed by atoms with E-state index in [1.165, 1.54) is 31.0 Å². The molecule has 9 heteroatoms. The highest BCUT2D eigenvalue weighted by Crippen LogP contribution is 2.34. The van der Waals surface area contributed by atoms with Gasteiger partial charge in [-0.25, -0.2) is 13.2 Å². The van der Waals surface area contributed by atoms with Crippen LogP contribution in [0.1, 0.15) is 24.2 Å². The van der Waals surface area contributed by atoms with Gasteiger partial charge in [0.15, 0.2) is 0 Å². The molecule has 0 bridgehead atoms. The Morgan fingerprint density at radius 1 is 1.30 bits per heavy atom. The van der Waals surface area contributed by atoms with E-state index in [1.54, 1.807) is 6.92 Å². The van der Waals surface area contributed by atoms with Crippen LogP contribution in [0.2, 0.25) is 0 Å². The zero-order chi connectivity index (χ0) is 22.2. The van der Waals surface area contributed by atoms with Crippen molar-refractivity contribution < 1.29 is 22.8 Å². The molecule has 2 unspecified atom stereocenters. The summed E-state index contributed by atoms with van der Waals surface area (Å²) in [5, 5.41) is 5.90. The fraction of sp³-hybridized carbons (Fsp3) is 0.333. The molecule has 2 atom stereocenters. The number of rotatable bonds is 3. The summed E-state index contributed by atoms with van der Waals surface area (Å²) in [5.74, 6) is -3.70. The van der Waals surface area contributed by atoms with Crippen LogP contribution in [0, 0.1) is 17.6 Å². The second kappa shape index (κ2) is 8.77. The van der Waals surface area contributed by atoms with Gasteiger partial charge in [-0.05, 0) is 46.6 Å². The highest BCUT2D eigenvalue weighted by molar-refractivity contribution is 9.10. The SMILES string of the molecule is C/C=C(F)\C=C1\C(=O)NC2=C(C1C)C(N(C)C(=O)c1cc(F)c(Br)c(F)c1)CNC2. The zero-order valence-electron chi connectivity index (χ0n) is 16.7. The third-order valence-electron chi connectivity index (χ3n) is 5.39. The Bertz CT molecular complexity index is 980. The fourth-order valence-electron chi connectivity index (χ4n) is 3.78. The van der Waals surface area contributed by atoms with E-state index in [9.17, 15) is 22.8 Å². The van der Waals surface area contributed by atoms with E-state index in [0.717, 1.165) is 17.7 Å². The van der Waals surface area contributed by atoms with Gasteiger partial charge in [-0.3, -0.25) is 9.59 Å². The minimum absolute atomic E-state index is 0.133. The molecule has 2 heterocycles. The first kappa shape index (κ1) is 22.3. The molecule has 160 valence electrons. The standard InChI is InChI=1S/C21H21BrF3N3O2/c1-4-12(23)7-13-10(2)18-16(27-20(13)29)8-26-9-17(18)28(3)21(30)11-5-14(24)19(22)15(25)6-11/h4-7,10,17,26H,8-9H2,1-3H3,(H,27,29)/b12-4+,13-7+. The van der Waals surface area contributed by atoms with Crippen molar-refractivity contribution in [1.29, 1.82) is 0 Å². The van der Waals surface area contributed by atoms with Crippen molar-refractivity contribution in [1.82, 2.24) is 15.5 Å². The summed E-state index contributed by atoms with van der Waals surface area (Å²) in [6.07, 6.45) is 2.44. The van der Waals surface area contributed by atoms with Gasteiger partial charge in [0.25, 0.3) is 11.8 Å². The summed E-state index contributed by atoms with van der Waals surface area (Å²) in [6, 6.07) is 1.44. The fourth-order valence-corrected chi connectivity index (χ4v) is 4.01. The van der Waals surface area contributed by atoms with E-state index in [4.69, 9.17) is 0 Å². The molecule has 2 N–H and O–H groups in total. The maximum atomic E-state index is 13.9. The largest absolute Gasteiger partial charge is 0.334 e. The maximum Gasteiger partial charge on any atom is 0.254 e. The predicted molar refractivity (Wildman–Crippen MR) is 110 cm³/mol. The predicted octanol–water partition coefficient (Wildman–Crippen LogP) is 3.59. The van der Waals surface area contributed by atoms with E-state index in [2.05, 4.69) is 26.6 Å². The molecule has 0 fully saturated rings. The minimum atomic E-state index is -0.876. The maximum absolute atomic E-state index is 13.9. The lowest BCUT2D eigenvalue weighted by Gasteiger charge is -2.41. The molecule has 0 aliphatic carbocycles. The van der Waals surface area contributed by atoms with Crippen molar-refractivity contribution in [3.63, 3.8) is 0 Å². The summed E-state index contributed by atoms with van der Waals surface area (Å²) in [5.41, 5.74) is 1.50. The smallest absolute Gasteiger partial charge is 0.254 e. The molecule has 0 aromatic heterocycles. The van der Waals surface area contributed by atoms with Crippen molar-refractivity contribution in [3.05, 3.63) is 68.6 Å². The van der Waals surface area contributed by atoms with Crippen LogP contribution in [-0.4, -0.2) is 42.9 Å². The van der Waals surface area contributed by atoms with Crippen LogP contribution in [0.15, 0.2) is 51.4 Å². The van der Waals surface area contributed by atoms with Crippen molar-refractivity contribution in [2.45, 2.75) is 19.9 Å². The molecule has 2 aliphatic heterocycles. The van der Waals surface area contributed by atoms with Crippen LogP contribution in [0.4, 0.5) is 13.2 Å². The van der Waals surface area contributed by atoms with Crippen LogP contribution in [0.25, 0.3) is 0 Å². The molecule has 0 saturated carbocycles. The molecule has 30 heavy (non-hydrogen) atoms. The van der Waals surface area contributed by atoms with Crippen LogP contribution >= 0.6 is 15.9 Å². The normalized spacial score (nSPS) is 23.4. The molecule has 0 saturated heterocycles. The highest BCUT2D eigenvalue weighted by Gasteiger charge is 2.38. The minimum Gasteiger partial charge on any atom is -0.334 e. The Kier molecular flexibility index (Phi) is 6.52. The number of carbonyl (C=O) groups is 2. The van der Waals surface area contributed by atoms with Crippen LogP contribution in [0.5, 0.6) is 0 Å². The average molecular weight is 484 g/mol. The van der Waals surface area contributed by atoms with Crippen molar-refractivity contribution in [3.8, 4) is 0 Å². The van der Waals surface area contributed by atoms with Gasteiger partial charge in [0, 0.05) is 42.9 Å². The Labute approximate surface area is 180 Å². The Balaban J connectivity index is 1.98. The second-order valence-electron chi connectivity index (χ2n) is 7.20. The lowest BCUT2D eigenvalue weighted by molar-refractivity contribution is -0.117. The molecule has 1 aromatic carbocycles. The van der Waals surface area contributed by atoms with Gasteiger partial charge in [0.1, 0.15) is 17.5 Å². The summed E-state index contributed by atoms with van der Waals surface area (Å²) in [7, 11) is 1.53. The van der Waals surface area contributed by atoms with Crippen LogP contribution in [-0.2, 0) is 4.79 Å². The molecule has 1 aromatic rings. The lowest BCUT2D eigenvalue weighted by atomic mass is 9.80. The van der Waals surface area contributed by atoms with Gasteiger partial charge in [-0.15, -0.1) is 0 Å². The third kappa shape index (κ3) is 4.09. The summed E-state index contributed by atoms with van der Waals surface area (Å²) in [6.45, 7) is 4.07. The summed E-state index contributed by atoms with van der Waals surface area (Å²) in [4.78, 5) is 26.8. The van der Waals surface area contributed by atoms with Crippen molar-refractivity contribution in [2.24, 2.45) is 5.92 Å². The van der Waals surface area contributed by atoms with Gasteiger partial charge in [0.2, 0.25) is 0 Å². The van der Waals surface area contributed by atoms with Gasteiger partial charge >= 0.3 is 0 Å². The Morgan fingerprint density at radius 2 is 1.93 bits per heavy atom. The number of carbonyl (C=O) groups excluding carboxylic acids is 2. The highest BCUT2D eigenvalue weighted by atomic mass is 79.9. The first-order valence-electron chi connectivity index (χ1n) is 9.35. The zero-order valence-corrected chi connectivity index (χ0v) is 18.2. The van der Waals surface area contributed by atoms with E-state index in [0.29, 0.717) is 18.8 Å². The van der Waals surface area contributed by atoms with E-state index in [1.807, 2.05) is 0 Å². The first-order chi connectivity index (χ1) is 14.1. The number of nitrogens with one attached hydrogen (secondary N) is 2. The monoisotopic (exact) mass is 483 g/mol. The third-order valence-corrected chi connectivity index (χ3v) is 6.15. The topological polar surface area (TPSA) is 61.4 Å². The Hall–Kier alpha value is -2.39. The van der Waals surface area contributed by atoms with Gasteiger partial charge in [-0.1, -0.05) is 13.0 Å². The average Bonchev–Trinajstić information content (AvgIpc) is 2.72. The number of hydrogen-bond acceptors (Lipinski definition) is 3. The number of hydrogen-bond donors (Lipinski definition) is 2. The number of allylic oxidation sites excluding steroid dienone is 3. The quantitative estimate of drug-likeness (QED) is 0.510. The van der Waals surface area contributed by atoms with Gasteiger partial charge in [-0.2, -0.15) is 0 Å². The number of amides is 2. The number of halogens is 4. The molecule has 2 aliphatic rings. The van der Waals surface area contributed by atoms with E-state index < -0.39 is 41.2 Å². The first-order valence-corrected chi connectivity index (χ1v) is 10.1. The van der Waals surface area contributed by atoms with Crippen molar-refractivity contribution >= 4 is 27.7 Å². The van der Waals surface area contributed by atoms with Crippen LogP contribution in [0.3, 0.4) is 0 Å². The Morgan fingerprint density at radius 3 is 2.53 bits per heavy atom. The van der Waals surface area contributed by atoms with Crippen molar-refractivity contribution in [2.75, 3.05) is 20.1 Å². The molecule has 5 nitrogen and oxygen atoms in total. The van der Waals surface area contributed by atoms with E-state index in [-0.39, 0.29) is 15.6 Å². The number of nitrogens with zero attached hydrogens (tertiary/aromatic N) is 1. The molecule has 2 amide bonds. The summed E-state index contributed by atoms with van der Waals surface area (Å²) >= 11 is 2.79. The number of likely N-dealkylation sites (N-methyl/N-ethyl adjacent to an activating group) is 1. The van der Waals surface area contributed by atoms with Gasteiger partial charge < -0.3 is 15.5 Å². The second-order valence-corrected chi connectivity index (χ2v) is 7.99. The molecule has 3 rings (SSSR count). The summed E-state index contributed by atoms with van der Waals surface area (Å²) < 4.78 is 41.3. The van der Waals surface area contributed by atoms with Gasteiger partial charge in [0.05, 0.1) is 10.5 Å². The molecule has 0 spiro atoms. The number of benzene rings is 1. The molecular weight excluding hydrogens is 463 g/mol. The van der Waals surface area contributed by atoms with Crippen LogP contribution < -0.4 is 10.6 Å². The van der Waals surface area contributed by atoms with E-state index >= 15 is 0 Å². The lowest BCUT2D eigenvalue weighted by Crippen LogP contribution is -2.54.